The van der Waals surface area contributed by atoms with Gasteiger partial charge in [-0.25, -0.2) is 0 Å². The first-order valence-electron chi connectivity index (χ1n) is 6.59. The number of anilines is 1. The number of nitrogens with two attached hydrogens (primary N) is 1. The lowest BCUT2D eigenvalue weighted by Gasteiger charge is -2.08. The Kier molecular flexibility index (Phi) is 5.38. The van der Waals surface area contributed by atoms with Crippen LogP contribution in [0.15, 0.2) is 48.5 Å². The van der Waals surface area contributed by atoms with E-state index >= 15 is 0 Å². The van der Waals surface area contributed by atoms with Crippen molar-refractivity contribution in [2.24, 2.45) is 5.73 Å². The van der Waals surface area contributed by atoms with Crippen molar-refractivity contribution in [1.82, 2.24) is 0 Å². The highest BCUT2D eigenvalue weighted by atomic mass is 35.5. The van der Waals surface area contributed by atoms with E-state index in [9.17, 15) is 9.59 Å². The van der Waals surface area contributed by atoms with Gasteiger partial charge in [-0.1, -0.05) is 29.8 Å². The lowest BCUT2D eigenvalue weighted by atomic mass is 10.1. The number of rotatable bonds is 6. The number of hydrogen-bond acceptors (Lipinski definition) is 3. The fourth-order valence-electron chi connectivity index (χ4n) is 1.81. The zero-order chi connectivity index (χ0) is 15.9. The Hall–Kier alpha value is -2.53. The highest BCUT2D eigenvalue weighted by Crippen LogP contribution is 2.18. The van der Waals surface area contributed by atoms with Gasteiger partial charge in [-0.15, -0.1) is 0 Å². The average Bonchev–Trinajstić information content (AvgIpc) is 2.49. The summed E-state index contributed by atoms with van der Waals surface area (Å²) in [6.45, 7) is -0.182. The second kappa shape index (κ2) is 7.47. The summed E-state index contributed by atoms with van der Waals surface area (Å²) in [4.78, 5) is 22.6. The van der Waals surface area contributed by atoms with Crippen molar-refractivity contribution < 1.29 is 14.3 Å². The number of amides is 2. The van der Waals surface area contributed by atoms with Gasteiger partial charge in [0.1, 0.15) is 5.75 Å². The molecule has 0 bridgehead atoms. The van der Waals surface area contributed by atoms with Gasteiger partial charge in [-0.05, 0) is 35.9 Å². The molecule has 0 aliphatic heterocycles. The van der Waals surface area contributed by atoms with Gasteiger partial charge in [-0.3, -0.25) is 9.59 Å². The molecule has 5 nitrogen and oxygen atoms in total. The van der Waals surface area contributed by atoms with Gasteiger partial charge in [0, 0.05) is 10.7 Å². The van der Waals surface area contributed by atoms with Crippen molar-refractivity contribution in [1.29, 1.82) is 0 Å². The van der Waals surface area contributed by atoms with Crippen LogP contribution in [0.5, 0.6) is 5.75 Å². The minimum Gasteiger partial charge on any atom is -0.484 e. The molecule has 2 amide bonds. The SMILES string of the molecule is NC(=O)COc1ccc(NC(=O)Cc2ccccc2Cl)cc1. The van der Waals surface area contributed by atoms with E-state index in [4.69, 9.17) is 22.1 Å². The van der Waals surface area contributed by atoms with Gasteiger partial charge in [0.25, 0.3) is 5.91 Å². The topological polar surface area (TPSA) is 81.4 Å². The molecule has 0 aliphatic carbocycles. The van der Waals surface area contributed by atoms with Crippen molar-refractivity contribution in [3.05, 3.63) is 59.1 Å². The third-order valence-corrected chi connectivity index (χ3v) is 3.20. The monoisotopic (exact) mass is 318 g/mol. The summed E-state index contributed by atoms with van der Waals surface area (Å²) in [5.74, 6) is -0.209. The quantitative estimate of drug-likeness (QED) is 0.858. The van der Waals surface area contributed by atoms with E-state index < -0.39 is 5.91 Å². The second-order valence-electron chi connectivity index (χ2n) is 4.60. The Morgan fingerprint density at radius 1 is 1.09 bits per heavy atom. The maximum Gasteiger partial charge on any atom is 0.255 e. The minimum absolute atomic E-state index is 0.168. The zero-order valence-corrected chi connectivity index (χ0v) is 12.5. The van der Waals surface area contributed by atoms with E-state index in [1.165, 1.54) is 0 Å². The fourth-order valence-corrected chi connectivity index (χ4v) is 2.01. The maximum atomic E-state index is 12.0. The van der Waals surface area contributed by atoms with E-state index in [-0.39, 0.29) is 18.9 Å². The van der Waals surface area contributed by atoms with Gasteiger partial charge < -0.3 is 15.8 Å². The summed E-state index contributed by atoms with van der Waals surface area (Å²) < 4.78 is 5.13. The van der Waals surface area contributed by atoms with Crippen LogP contribution in [-0.2, 0) is 16.0 Å². The van der Waals surface area contributed by atoms with E-state index in [2.05, 4.69) is 5.32 Å². The molecule has 2 aromatic carbocycles. The first kappa shape index (κ1) is 15.9. The summed E-state index contributed by atoms with van der Waals surface area (Å²) in [6.07, 6.45) is 0.194. The Labute approximate surface area is 133 Å². The average molecular weight is 319 g/mol. The van der Waals surface area contributed by atoms with Gasteiger partial charge in [0.2, 0.25) is 5.91 Å². The molecule has 3 N–H and O–H groups in total. The first-order valence-corrected chi connectivity index (χ1v) is 6.97. The first-order chi connectivity index (χ1) is 10.5. The Morgan fingerprint density at radius 3 is 2.41 bits per heavy atom. The molecule has 0 radical (unpaired) electrons. The summed E-state index contributed by atoms with van der Waals surface area (Å²) >= 11 is 6.02. The van der Waals surface area contributed by atoms with Gasteiger partial charge in [0.05, 0.1) is 6.42 Å². The second-order valence-corrected chi connectivity index (χ2v) is 5.00. The molecule has 0 aliphatic rings. The van der Waals surface area contributed by atoms with Crippen LogP contribution >= 0.6 is 11.6 Å². The predicted molar refractivity (Wildman–Crippen MR) is 84.9 cm³/mol. The van der Waals surface area contributed by atoms with Crippen molar-refractivity contribution in [2.45, 2.75) is 6.42 Å². The Morgan fingerprint density at radius 2 is 1.77 bits per heavy atom. The highest BCUT2D eigenvalue weighted by molar-refractivity contribution is 6.31. The number of benzene rings is 2. The molecule has 2 rings (SSSR count). The lowest BCUT2D eigenvalue weighted by Crippen LogP contribution is -2.20. The number of primary amides is 1. The number of nitrogens with one attached hydrogen (secondary N) is 1. The van der Waals surface area contributed by atoms with Crippen LogP contribution in [0, 0.1) is 0 Å². The smallest absolute Gasteiger partial charge is 0.255 e. The number of carbonyl (C=O) groups excluding carboxylic acids is 2. The standard InChI is InChI=1S/C16H15ClN2O3/c17-14-4-2-1-3-11(14)9-16(21)19-12-5-7-13(8-6-12)22-10-15(18)20/h1-8H,9-10H2,(H2,18,20)(H,19,21). The van der Waals surface area contributed by atoms with E-state index in [1.54, 1.807) is 30.3 Å². The molecule has 0 atom stereocenters. The summed E-state index contributed by atoms with van der Waals surface area (Å²) in [7, 11) is 0. The van der Waals surface area contributed by atoms with Crippen LogP contribution in [0.2, 0.25) is 5.02 Å². The number of ether oxygens (including phenoxy) is 1. The van der Waals surface area contributed by atoms with E-state index in [0.717, 1.165) is 5.56 Å². The molecule has 0 fully saturated rings. The molecule has 2 aromatic rings. The van der Waals surface area contributed by atoms with Crippen molar-refractivity contribution in [3.63, 3.8) is 0 Å². The molecule has 0 saturated carbocycles. The van der Waals surface area contributed by atoms with E-state index in [1.807, 2.05) is 18.2 Å². The van der Waals surface area contributed by atoms with Crippen LogP contribution in [0.1, 0.15) is 5.56 Å². The predicted octanol–water partition coefficient (Wildman–Crippen LogP) is 2.39. The van der Waals surface area contributed by atoms with Crippen molar-refractivity contribution in [2.75, 3.05) is 11.9 Å². The molecule has 6 heteroatoms. The van der Waals surface area contributed by atoms with Crippen LogP contribution in [0.25, 0.3) is 0 Å². The van der Waals surface area contributed by atoms with Crippen LogP contribution in [-0.4, -0.2) is 18.4 Å². The summed E-state index contributed by atoms with van der Waals surface area (Å²) in [6, 6.07) is 13.9. The number of hydrogen-bond donors (Lipinski definition) is 2. The van der Waals surface area contributed by atoms with E-state index in [0.29, 0.717) is 16.5 Å². The fraction of sp³-hybridized carbons (Fsp3) is 0.125. The molecular weight excluding hydrogens is 304 g/mol. The lowest BCUT2D eigenvalue weighted by molar-refractivity contribution is -0.120. The molecule has 0 aromatic heterocycles. The van der Waals surface area contributed by atoms with Gasteiger partial charge >= 0.3 is 0 Å². The molecule has 114 valence electrons. The molecular formula is C16H15ClN2O3. The normalized spacial score (nSPS) is 10.0. The Bertz CT molecular complexity index is 671. The minimum atomic E-state index is -0.544. The highest BCUT2D eigenvalue weighted by Gasteiger charge is 2.07. The molecule has 22 heavy (non-hydrogen) atoms. The molecule has 0 heterocycles. The molecule has 0 saturated heterocycles. The van der Waals surface area contributed by atoms with Gasteiger partial charge in [0.15, 0.2) is 6.61 Å². The zero-order valence-electron chi connectivity index (χ0n) is 11.7. The van der Waals surface area contributed by atoms with Crippen LogP contribution in [0.4, 0.5) is 5.69 Å². The third kappa shape index (κ3) is 4.79. The van der Waals surface area contributed by atoms with Crippen molar-refractivity contribution in [3.8, 4) is 5.75 Å². The largest absolute Gasteiger partial charge is 0.484 e. The van der Waals surface area contributed by atoms with Crippen LogP contribution < -0.4 is 15.8 Å². The van der Waals surface area contributed by atoms with Crippen molar-refractivity contribution >= 4 is 29.1 Å². The third-order valence-electron chi connectivity index (χ3n) is 2.83. The Balaban J connectivity index is 1.91. The maximum absolute atomic E-state index is 12.0. The summed E-state index contributed by atoms with van der Waals surface area (Å²) in [5.41, 5.74) is 6.38. The van der Waals surface area contributed by atoms with Gasteiger partial charge in [-0.2, -0.15) is 0 Å². The molecule has 0 spiro atoms. The molecule has 0 unspecified atom stereocenters. The number of carbonyl (C=O) groups is 2. The van der Waals surface area contributed by atoms with Crippen LogP contribution in [0.3, 0.4) is 0 Å². The number of halogens is 1. The summed E-state index contributed by atoms with van der Waals surface area (Å²) in [5, 5.41) is 3.33.